The van der Waals surface area contributed by atoms with E-state index in [1.807, 2.05) is 6.07 Å². The molecule has 1 aromatic heterocycles. The number of ether oxygens (including phenoxy) is 3. The standard InChI is InChI=1S/C11H17N3O3/c1-15-11-9(12)2-3-10(14-11)13-6-8-7-16-4-5-17-8/h2-3,8H,4-7,12H2,1H3,(H,13,14). The lowest BCUT2D eigenvalue weighted by Gasteiger charge is -2.23. The van der Waals surface area contributed by atoms with Crippen molar-refractivity contribution in [2.45, 2.75) is 6.10 Å². The molecule has 1 unspecified atom stereocenters. The number of anilines is 2. The summed E-state index contributed by atoms with van der Waals surface area (Å²) in [6, 6.07) is 3.56. The first-order valence-corrected chi connectivity index (χ1v) is 5.53. The topological polar surface area (TPSA) is 78.6 Å². The molecular weight excluding hydrogens is 222 g/mol. The lowest BCUT2D eigenvalue weighted by atomic mass is 10.3. The van der Waals surface area contributed by atoms with Gasteiger partial charge in [-0.15, -0.1) is 0 Å². The molecule has 0 saturated carbocycles. The lowest BCUT2D eigenvalue weighted by molar-refractivity contribution is -0.0819. The van der Waals surface area contributed by atoms with Gasteiger partial charge in [0, 0.05) is 6.54 Å². The first-order chi connectivity index (χ1) is 8.29. The number of hydrogen-bond acceptors (Lipinski definition) is 6. The van der Waals surface area contributed by atoms with Gasteiger partial charge in [0.05, 0.1) is 38.7 Å². The van der Waals surface area contributed by atoms with Gasteiger partial charge < -0.3 is 25.3 Å². The van der Waals surface area contributed by atoms with Crippen molar-refractivity contribution in [3.63, 3.8) is 0 Å². The van der Waals surface area contributed by atoms with Crippen LogP contribution in [-0.4, -0.2) is 44.6 Å². The molecule has 6 heteroatoms. The summed E-state index contributed by atoms with van der Waals surface area (Å²) < 4.78 is 15.9. The molecule has 2 rings (SSSR count). The quantitative estimate of drug-likeness (QED) is 0.796. The Hall–Kier alpha value is -1.53. The van der Waals surface area contributed by atoms with Crippen molar-refractivity contribution in [2.24, 2.45) is 0 Å². The second-order valence-corrected chi connectivity index (χ2v) is 3.74. The predicted molar refractivity (Wildman–Crippen MR) is 64.3 cm³/mol. The molecule has 6 nitrogen and oxygen atoms in total. The Balaban J connectivity index is 1.89. The highest BCUT2D eigenvalue weighted by Gasteiger charge is 2.14. The third kappa shape index (κ3) is 3.21. The Kier molecular flexibility index (Phi) is 4.00. The van der Waals surface area contributed by atoms with Gasteiger partial charge in [-0.2, -0.15) is 4.98 Å². The maximum Gasteiger partial charge on any atom is 0.238 e. The molecule has 17 heavy (non-hydrogen) atoms. The fraction of sp³-hybridized carbons (Fsp3) is 0.545. The van der Waals surface area contributed by atoms with Crippen molar-refractivity contribution in [2.75, 3.05) is 44.5 Å². The Bertz CT molecular complexity index is 367. The fourth-order valence-corrected chi connectivity index (χ4v) is 1.59. The predicted octanol–water partition coefficient (Wildman–Crippen LogP) is 0.500. The van der Waals surface area contributed by atoms with Crippen molar-refractivity contribution in [1.29, 1.82) is 0 Å². The maximum atomic E-state index is 5.68. The maximum absolute atomic E-state index is 5.68. The number of nitrogens with two attached hydrogens (primary N) is 1. The minimum atomic E-state index is 0.0640. The lowest BCUT2D eigenvalue weighted by Crippen LogP contribution is -2.34. The Morgan fingerprint density at radius 3 is 3.12 bits per heavy atom. The number of pyridine rings is 1. The number of nitrogen functional groups attached to an aromatic ring is 1. The van der Waals surface area contributed by atoms with E-state index in [0.29, 0.717) is 43.8 Å². The van der Waals surface area contributed by atoms with Crippen molar-refractivity contribution in [3.8, 4) is 5.88 Å². The van der Waals surface area contributed by atoms with E-state index in [9.17, 15) is 0 Å². The molecular formula is C11H17N3O3. The monoisotopic (exact) mass is 239 g/mol. The first kappa shape index (κ1) is 11.9. The van der Waals surface area contributed by atoms with Crippen LogP contribution in [0.4, 0.5) is 11.5 Å². The summed E-state index contributed by atoms with van der Waals surface area (Å²) in [5.74, 6) is 1.14. The van der Waals surface area contributed by atoms with Gasteiger partial charge in [-0.05, 0) is 12.1 Å². The zero-order chi connectivity index (χ0) is 12.1. The summed E-state index contributed by atoms with van der Waals surface area (Å²) in [4.78, 5) is 4.22. The first-order valence-electron chi connectivity index (χ1n) is 5.53. The van der Waals surface area contributed by atoms with E-state index >= 15 is 0 Å². The molecule has 1 aliphatic heterocycles. The van der Waals surface area contributed by atoms with Crippen molar-refractivity contribution >= 4 is 11.5 Å². The molecule has 0 bridgehead atoms. The Labute approximate surface area is 100 Å². The molecule has 0 spiro atoms. The molecule has 3 N–H and O–H groups in total. The minimum absolute atomic E-state index is 0.0640. The van der Waals surface area contributed by atoms with Crippen molar-refractivity contribution < 1.29 is 14.2 Å². The molecule has 1 saturated heterocycles. The third-order valence-corrected chi connectivity index (χ3v) is 2.48. The van der Waals surface area contributed by atoms with Gasteiger partial charge in [-0.25, -0.2) is 0 Å². The van der Waals surface area contributed by atoms with Crippen LogP contribution < -0.4 is 15.8 Å². The SMILES string of the molecule is COc1nc(NCC2COCCO2)ccc1N. The average molecular weight is 239 g/mol. The largest absolute Gasteiger partial charge is 0.479 e. The summed E-state index contributed by atoms with van der Waals surface area (Å²) in [7, 11) is 1.54. The average Bonchev–Trinajstić information content (AvgIpc) is 2.39. The van der Waals surface area contributed by atoms with E-state index in [2.05, 4.69) is 10.3 Å². The summed E-state index contributed by atoms with van der Waals surface area (Å²) in [5.41, 5.74) is 6.20. The second kappa shape index (κ2) is 5.70. The number of nitrogens with zero attached hydrogens (tertiary/aromatic N) is 1. The summed E-state index contributed by atoms with van der Waals surface area (Å²) in [6.45, 7) is 2.58. The van der Waals surface area contributed by atoms with Crippen LogP contribution in [-0.2, 0) is 9.47 Å². The number of hydrogen-bond donors (Lipinski definition) is 2. The summed E-state index contributed by atoms with van der Waals surface area (Å²) in [5, 5.41) is 3.16. The zero-order valence-corrected chi connectivity index (χ0v) is 9.81. The van der Waals surface area contributed by atoms with Gasteiger partial charge >= 0.3 is 0 Å². The number of methoxy groups -OCH3 is 1. The number of aromatic nitrogens is 1. The molecule has 94 valence electrons. The van der Waals surface area contributed by atoms with Crippen LogP contribution in [0.15, 0.2) is 12.1 Å². The summed E-state index contributed by atoms with van der Waals surface area (Å²) in [6.07, 6.45) is 0.0640. The molecule has 1 aliphatic rings. The van der Waals surface area contributed by atoms with Crippen LogP contribution >= 0.6 is 0 Å². The highest BCUT2D eigenvalue weighted by Crippen LogP contribution is 2.20. The van der Waals surface area contributed by atoms with Crippen LogP contribution in [0, 0.1) is 0 Å². The van der Waals surface area contributed by atoms with Gasteiger partial charge in [0.25, 0.3) is 0 Å². The molecule has 1 aromatic rings. The van der Waals surface area contributed by atoms with Gasteiger partial charge in [0.15, 0.2) is 0 Å². The van der Waals surface area contributed by atoms with Crippen molar-refractivity contribution in [1.82, 2.24) is 4.98 Å². The molecule has 0 amide bonds. The van der Waals surface area contributed by atoms with Gasteiger partial charge in [0.2, 0.25) is 5.88 Å². The van der Waals surface area contributed by atoms with Crippen LogP contribution in [0.3, 0.4) is 0 Å². The highest BCUT2D eigenvalue weighted by molar-refractivity contribution is 5.53. The molecule has 2 heterocycles. The second-order valence-electron chi connectivity index (χ2n) is 3.74. The van der Waals surface area contributed by atoms with Gasteiger partial charge in [0.1, 0.15) is 5.82 Å². The molecule has 1 atom stereocenters. The van der Waals surface area contributed by atoms with E-state index in [1.165, 1.54) is 0 Å². The highest BCUT2D eigenvalue weighted by atomic mass is 16.6. The van der Waals surface area contributed by atoms with E-state index in [1.54, 1.807) is 13.2 Å². The van der Waals surface area contributed by atoms with Crippen LogP contribution in [0.5, 0.6) is 5.88 Å². The molecule has 0 aromatic carbocycles. The fourth-order valence-electron chi connectivity index (χ4n) is 1.59. The van der Waals surface area contributed by atoms with E-state index in [0.717, 1.165) is 0 Å². The summed E-state index contributed by atoms with van der Waals surface area (Å²) >= 11 is 0. The van der Waals surface area contributed by atoms with E-state index in [-0.39, 0.29) is 6.10 Å². The number of rotatable bonds is 4. The minimum Gasteiger partial charge on any atom is -0.479 e. The smallest absolute Gasteiger partial charge is 0.238 e. The van der Waals surface area contributed by atoms with Crippen LogP contribution in [0.2, 0.25) is 0 Å². The van der Waals surface area contributed by atoms with Gasteiger partial charge in [-0.1, -0.05) is 0 Å². The van der Waals surface area contributed by atoms with E-state index in [4.69, 9.17) is 19.9 Å². The Morgan fingerprint density at radius 2 is 2.41 bits per heavy atom. The van der Waals surface area contributed by atoms with Gasteiger partial charge in [-0.3, -0.25) is 0 Å². The van der Waals surface area contributed by atoms with Crippen molar-refractivity contribution in [3.05, 3.63) is 12.1 Å². The molecule has 0 radical (unpaired) electrons. The zero-order valence-electron chi connectivity index (χ0n) is 9.81. The number of nitrogens with one attached hydrogen (secondary N) is 1. The molecule has 1 fully saturated rings. The normalized spacial score (nSPS) is 19.9. The third-order valence-electron chi connectivity index (χ3n) is 2.48. The van der Waals surface area contributed by atoms with Crippen LogP contribution in [0.1, 0.15) is 0 Å². The van der Waals surface area contributed by atoms with Crippen LogP contribution in [0.25, 0.3) is 0 Å². The molecule has 0 aliphatic carbocycles. The Morgan fingerprint density at radius 1 is 1.53 bits per heavy atom. The van der Waals surface area contributed by atoms with E-state index < -0.39 is 0 Å².